The van der Waals surface area contributed by atoms with E-state index in [4.69, 9.17) is 10.5 Å². The van der Waals surface area contributed by atoms with E-state index < -0.39 is 4.92 Å². The molecule has 0 aliphatic rings. The molecule has 0 bridgehead atoms. The zero-order valence-corrected chi connectivity index (χ0v) is 10.2. The van der Waals surface area contributed by atoms with Crippen molar-refractivity contribution in [2.24, 2.45) is 0 Å². The van der Waals surface area contributed by atoms with Gasteiger partial charge in [-0.3, -0.25) is 10.1 Å². The lowest BCUT2D eigenvalue weighted by Crippen LogP contribution is -2.35. The fourth-order valence-corrected chi connectivity index (χ4v) is 1.59. The van der Waals surface area contributed by atoms with E-state index in [1.165, 1.54) is 6.07 Å². The zero-order chi connectivity index (χ0) is 13.1. The van der Waals surface area contributed by atoms with Gasteiger partial charge in [-0.05, 0) is 26.0 Å². The van der Waals surface area contributed by atoms with Gasteiger partial charge in [0, 0.05) is 18.9 Å². The van der Waals surface area contributed by atoms with E-state index in [0.717, 1.165) is 5.69 Å². The molecule has 1 aromatic rings. The molecule has 17 heavy (non-hydrogen) atoms. The first kappa shape index (κ1) is 13.2. The maximum absolute atomic E-state index is 10.6. The first-order chi connectivity index (χ1) is 7.85. The fraction of sp³-hybridized carbons (Fsp3) is 0.455. The largest absolute Gasteiger partial charge is 0.393 e. The molecule has 0 atom stereocenters. The summed E-state index contributed by atoms with van der Waals surface area (Å²) in [5.41, 5.74) is 6.13. The average Bonchev–Trinajstić information content (AvgIpc) is 2.15. The third-order valence-electron chi connectivity index (χ3n) is 2.21. The number of nitrogens with one attached hydrogen (secondary N) is 1. The predicted molar refractivity (Wildman–Crippen MR) is 67.1 cm³/mol. The molecule has 0 radical (unpaired) electrons. The SMILES string of the molecule is COCC(C)(C)Nc1ccc([N+](=O)[O-])c(N)c1. The molecule has 0 unspecified atom stereocenters. The second-order valence-electron chi connectivity index (χ2n) is 4.47. The molecule has 1 rings (SSSR count). The van der Waals surface area contributed by atoms with Crippen molar-refractivity contribution < 1.29 is 9.66 Å². The molecule has 0 amide bonds. The van der Waals surface area contributed by atoms with Gasteiger partial charge in [-0.2, -0.15) is 0 Å². The number of nitrogens with zero attached hydrogens (tertiary/aromatic N) is 1. The number of nitrogens with two attached hydrogens (primary N) is 1. The molecule has 0 fully saturated rings. The van der Waals surface area contributed by atoms with E-state index in [9.17, 15) is 10.1 Å². The number of nitro groups is 1. The molecule has 0 aliphatic carbocycles. The molecule has 0 saturated carbocycles. The topological polar surface area (TPSA) is 90.4 Å². The van der Waals surface area contributed by atoms with Crippen molar-refractivity contribution in [1.82, 2.24) is 0 Å². The number of methoxy groups -OCH3 is 1. The van der Waals surface area contributed by atoms with Crippen LogP contribution in [-0.2, 0) is 4.74 Å². The molecule has 94 valence electrons. The maximum Gasteiger partial charge on any atom is 0.292 e. The van der Waals surface area contributed by atoms with Crippen LogP contribution in [-0.4, -0.2) is 24.2 Å². The Labute approximate surface area is 99.9 Å². The Morgan fingerprint density at radius 2 is 2.18 bits per heavy atom. The van der Waals surface area contributed by atoms with Gasteiger partial charge < -0.3 is 15.8 Å². The molecule has 0 spiro atoms. The first-order valence-corrected chi connectivity index (χ1v) is 5.17. The van der Waals surface area contributed by atoms with Gasteiger partial charge in [-0.25, -0.2) is 0 Å². The number of anilines is 2. The summed E-state index contributed by atoms with van der Waals surface area (Å²) < 4.78 is 5.07. The molecule has 1 aromatic carbocycles. The van der Waals surface area contributed by atoms with Crippen LogP contribution >= 0.6 is 0 Å². The lowest BCUT2D eigenvalue weighted by Gasteiger charge is -2.26. The molecule has 0 heterocycles. The van der Waals surface area contributed by atoms with Crippen LogP contribution in [0.3, 0.4) is 0 Å². The Morgan fingerprint density at radius 3 is 2.65 bits per heavy atom. The Bertz CT molecular complexity index is 418. The molecule has 3 N–H and O–H groups in total. The van der Waals surface area contributed by atoms with Crippen molar-refractivity contribution in [3.63, 3.8) is 0 Å². The molecule has 6 nitrogen and oxygen atoms in total. The third kappa shape index (κ3) is 3.60. The summed E-state index contributed by atoms with van der Waals surface area (Å²) in [5.74, 6) is 0. The fourth-order valence-electron chi connectivity index (χ4n) is 1.59. The average molecular weight is 239 g/mol. The van der Waals surface area contributed by atoms with E-state index in [-0.39, 0.29) is 16.9 Å². The molecule has 6 heteroatoms. The number of hydrogen-bond donors (Lipinski definition) is 2. The Kier molecular flexibility index (Phi) is 3.90. The smallest absolute Gasteiger partial charge is 0.292 e. The highest BCUT2D eigenvalue weighted by Gasteiger charge is 2.18. The summed E-state index contributed by atoms with van der Waals surface area (Å²) >= 11 is 0. The summed E-state index contributed by atoms with van der Waals surface area (Å²) in [6.45, 7) is 4.45. The molecule has 0 aromatic heterocycles. The van der Waals surface area contributed by atoms with Crippen LogP contribution in [0.25, 0.3) is 0 Å². The first-order valence-electron chi connectivity index (χ1n) is 5.17. The van der Waals surface area contributed by atoms with Gasteiger partial charge in [0.2, 0.25) is 0 Å². The summed E-state index contributed by atoms with van der Waals surface area (Å²) in [6, 6.07) is 4.57. The molecule has 0 aliphatic heterocycles. The monoisotopic (exact) mass is 239 g/mol. The van der Waals surface area contributed by atoms with E-state index in [1.54, 1.807) is 19.2 Å². The summed E-state index contributed by atoms with van der Waals surface area (Å²) in [7, 11) is 1.62. The Morgan fingerprint density at radius 1 is 1.53 bits per heavy atom. The second-order valence-corrected chi connectivity index (χ2v) is 4.47. The van der Waals surface area contributed by atoms with Crippen molar-refractivity contribution in [1.29, 1.82) is 0 Å². The number of nitro benzene ring substituents is 1. The highest BCUT2D eigenvalue weighted by Crippen LogP contribution is 2.26. The minimum atomic E-state index is -0.501. The van der Waals surface area contributed by atoms with Crippen molar-refractivity contribution in [2.75, 3.05) is 24.8 Å². The van der Waals surface area contributed by atoms with Crippen molar-refractivity contribution >= 4 is 17.1 Å². The van der Waals surface area contributed by atoms with Crippen molar-refractivity contribution in [3.8, 4) is 0 Å². The van der Waals surface area contributed by atoms with Crippen LogP contribution in [0, 0.1) is 10.1 Å². The van der Waals surface area contributed by atoms with Crippen molar-refractivity contribution in [2.45, 2.75) is 19.4 Å². The van der Waals surface area contributed by atoms with Gasteiger partial charge in [-0.1, -0.05) is 0 Å². The summed E-state index contributed by atoms with van der Waals surface area (Å²) in [5, 5.41) is 13.8. The second kappa shape index (κ2) is 5.01. The van der Waals surface area contributed by atoms with Gasteiger partial charge in [-0.15, -0.1) is 0 Å². The van der Waals surface area contributed by atoms with E-state index >= 15 is 0 Å². The zero-order valence-electron chi connectivity index (χ0n) is 10.2. The maximum atomic E-state index is 10.6. The summed E-state index contributed by atoms with van der Waals surface area (Å²) in [4.78, 5) is 10.1. The minimum Gasteiger partial charge on any atom is -0.393 e. The molecular weight excluding hydrogens is 222 g/mol. The minimum absolute atomic E-state index is 0.0832. The third-order valence-corrected chi connectivity index (χ3v) is 2.21. The van der Waals surface area contributed by atoms with Crippen LogP contribution in [0.5, 0.6) is 0 Å². The number of rotatable bonds is 5. The number of ether oxygens (including phenoxy) is 1. The normalized spacial score (nSPS) is 11.2. The lowest BCUT2D eigenvalue weighted by atomic mass is 10.1. The van der Waals surface area contributed by atoms with Gasteiger partial charge in [0.15, 0.2) is 0 Å². The highest BCUT2D eigenvalue weighted by atomic mass is 16.6. The van der Waals surface area contributed by atoms with Crippen molar-refractivity contribution in [3.05, 3.63) is 28.3 Å². The standard InChI is InChI=1S/C11H17N3O3/c1-11(2,7-17-3)13-8-4-5-10(14(15)16)9(12)6-8/h4-6,13H,7,12H2,1-3H3. The summed E-state index contributed by atoms with van der Waals surface area (Å²) in [6.07, 6.45) is 0. The van der Waals surface area contributed by atoms with Crippen LogP contribution in [0.1, 0.15) is 13.8 Å². The quantitative estimate of drug-likeness (QED) is 0.466. The van der Waals surface area contributed by atoms with E-state index in [1.807, 2.05) is 13.8 Å². The van der Waals surface area contributed by atoms with E-state index in [2.05, 4.69) is 5.32 Å². The lowest BCUT2D eigenvalue weighted by molar-refractivity contribution is -0.383. The van der Waals surface area contributed by atoms with Gasteiger partial charge in [0.05, 0.1) is 17.1 Å². The highest BCUT2D eigenvalue weighted by molar-refractivity contribution is 5.66. The number of hydrogen-bond acceptors (Lipinski definition) is 5. The number of benzene rings is 1. The van der Waals surface area contributed by atoms with Crippen LogP contribution < -0.4 is 11.1 Å². The number of nitrogen functional groups attached to an aromatic ring is 1. The Hall–Kier alpha value is -1.82. The van der Waals surface area contributed by atoms with E-state index in [0.29, 0.717) is 6.61 Å². The Balaban J connectivity index is 2.88. The van der Waals surface area contributed by atoms with Crippen LogP contribution in [0.4, 0.5) is 17.1 Å². The predicted octanol–water partition coefficient (Wildman–Crippen LogP) is 2.01. The van der Waals surface area contributed by atoms with Gasteiger partial charge in [0.25, 0.3) is 5.69 Å². The molecule has 0 saturated heterocycles. The van der Waals surface area contributed by atoms with Gasteiger partial charge >= 0.3 is 0 Å². The van der Waals surface area contributed by atoms with Gasteiger partial charge in [0.1, 0.15) is 5.69 Å². The van der Waals surface area contributed by atoms with Crippen LogP contribution in [0.15, 0.2) is 18.2 Å². The van der Waals surface area contributed by atoms with Crippen LogP contribution in [0.2, 0.25) is 0 Å². The molecular formula is C11H17N3O3.